The van der Waals surface area contributed by atoms with Crippen molar-refractivity contribution in [2.75, 3.05) is 0 Å². The third kappa shape index (κ3) is 2.34. The second-order valence-electron chi connectivity index (χ2n) is 3.83. The quantitative estimate of drug-likeness (QED) is 0.642. The molecule has 4 nitrogen and oxygen atoms in total. The molecule has 0 aromatic heterocycles. The predicted octanol–water partition coefficient (Wildman–Crippen LogP) is 0.775. The zero-order valence-corrected chi connectivity index (χ0v) is 8.14. The van der Waals surface area contributed by atoms with Gasteiger partial charge < -0.3 is 10.8 Å². The molecule has 0 aliphatic heterocycles. The van der Waals surface area contributed by atoms with Crippen LogP contribution in [0.1, 0.15) is 19.8 Å². The van der Waals surface area contributed by atoms with Gasteiger partial charge in [-0.05, 0) is 18.8 Å². The number of amides is 1. The summed E-state index contributed by atoms with van der Waals surface area (Å²) in [4.78, 5) is 22.0. The molecule has 14 heavy (non-hydrogen) atoms. The topological polar surface area (TPSA) is 80.4 Å². The first-order chi connectivity index (χ1) is 6.52. The summed E-state index contributed by atoms with van der Waals surface area (Å²) < 4.78 is 0. The average molecular weight is 197 g/mol. The fraction of sp³-hybridized carbons (Fsp3) is 0.600. The lowest BCUT2D eigenvalue weighted by molar-refractivity contribution is -0.146. The number of carbonyl (C=O) groups is 2. The van der Waals surface area contributed by atoms with Crippen LogP contribution in [0.5, 0.6) is 0 Å². The smallest absolute Gasteiger partial charge is 0.307 e. The van der Waals surface area contributed by atoms with Gasteiger partial charge in [0.1, 0.15) is 0 Å². The zero-order chi connectivity index (χ0) is 10.7. The van der Waals surface area contributed by atoms with E-state index in [0.29, 0.717) is 12.8 Å². The van der Waals surface area contributed by atoms with Gasteiger partial charge in [0.25, 0.3) is 0 Å². The largest absolute Gasteiger partial charge is 0.481 e. The van der Waals surface area contributed by atoms with Gasteiger partial charge >= 0.3 is 5.97 Å². The van der Waals surface area contributed by atoms with Crippen molar-refractivity contribution in [1.82, 2.24) is 0 Å². The highest BCUT2D eigenvalue weighted by Gasteiger charge is 2.33. The number of aliphatic carboxylic acids is 1. The number of carboxylic acid groups (broad SMARTS) is 1. The highest BCUT2D eigenvalue weighted by atomic mass is 16.4. The number of carboxylic acids is 1. The van der Waals surface area contributed by atoms with Crippen molar-refractivity contribution >= 4 is 11.9 Å². The molecular formula is C10H15NO3. The normalized spacial score (nSPS) is 32.2. The van der Waals surface area contributed by atoms with Gasteiger partial charge in [-0.15, -0.1) is 0 Å². The van der Waals surface area contributed by atoms with Gasteiger partial charge in [-0.25, -0.2) is 0 Å². The third-order valence-corrected chi connectivity index (χ3v) is 2.65. The highest BCUT2D eigenvalue weighted by molar-refractivity contribution is 5.83. The van der Waals surface area contributed by atoms with E-state index in [1.54, 1.807) is 0 Å². The van der Waals surface area contributed by atoms with Crippen LogP contribution in [0.4, 0.5) is 0 Å². The molecule has 0 saturated heterocycles. The Morgan fingerprint density at radius 1 is 1.43 bits per heavy atom. The van der Waals surface area contributed by atoms with Gasteiger partial charge in [0.2, 0.25) is 5.91 Å². The molecule has 0 aromatic rings. The molecule has 3 unspecified atom stereocenters. The molecule has 0 fully saturated rings. The van der Waals surface area contributed by atoms with Crippen LogP contribution in [-0.4, -0.2) is 17.0 Å². The first-order valence-electron chi connectivity index (χ1n) is 4.71. The Balaban J connectivity index is 2.85. The van der Waals surface area contributed by atoms with Gasteiger partial charge in [-0.3, -0.25) is 9.59 Å². The van der Waals surface area contributed by atoms with E-state index in [-0.39, 0.29) is 5.92 Å². The average Bonchev–Trinajstić information content (AvgIpc) is 2.26. The molecule has 78 valence electrons. The van der Waals surface area contributed by atoms with Crippen LogP contribution in [0.2, 0.25) is 0 Å². The number of primary amides is 1. The minimum atomic E-state index is -0.937. The summed E-state index contributed by atoms with van der Waals surface area (Å²) in [5.41, 5.74) is 5.20. The van der Waals surface area contributed by atoms with Crippen molar-refractivity contribution in [2.24, 2.45) is 23.5 Å². The van der Waals surface area contributed by atoms with Crippen molar-refractivity contribution in [1.29, 1.82) is 0 Å². The Hall–Kier alpha value is -1.32. The molecule has 4 heteroatoms. The van der Waals surface area contributed by atoms with E-state index in [9.17, 15) is 9.59 Å². The van der Waals surface area contributed by atoms with E-state index in [0.717, 1.165) is 0 Å². The number of hydrogen-bond donors (Lipinski definition) is 2. The van der Waals surface area contributed by atoms with Gasteiger partial charge in [-0.2, -0.15) is 0 Å². The standard InChI is InChI=1S/C10H15NO3/c1-6-3-2-4-7(10(13)14)8(5-6)9(11)12/h2-3,6-8H,4-5H2,1H3,(H2,11,12)(H,13,14). The Morgan fingerprint density at radius 3 is 2.57 bits per heavy atom. The highest BCUT2D eigenvalue weighted by Crippen LogP contribution is 2.28. The minimum absolute atomic E-state index is 0.219. The van der Waals surface area contributed by atoms with Gasteiger partial charge in [0, 0.05) is 0 Å². The molecule has 0 aromatic carbocycles. The maximum Gasteiger partial charge on any atom is 0.307 e. The molecule has 3 atom stereocenters. The van der Waals surface area contributed by atoms with E-state index in [4.69, 9.17) is 10.8 Å². The third-order valence-electron chi connectivity index (χ3n) is 2.65. The molecule has 1 aliphatic carbocycles. The lowest BCUT2D eigenvalue weighted by atomic mass is 9.85. The second kappa shape index (κ2) is 4.26. The Kier molecular flexibility index (Phi) is 3.28. The number of allylic oxidation sites excluding steroid dienone is 2. The molecule has 0 heterocycles. The van der Waals surface area contributed by atoms with E-state index in [1.807, 2.05) is 19.1 Å². The van der Waals surface area contributed by atoms with Crippen molar-refractivity contribution in [3.63, 3.8) is 0 Å². The van der Waals surface area contributed by atoms with Crippen LogP contribution in [0, 0.1) is 17.8 Å². The summed E-state index contributed by atoms with van der Waals surface area (Å²) in [6.45, 7) is 1.96. The molecule has 1 aliphatic rings. The lowest BCUT2D eigenvalue weighted by Gasteiger charge is -2.19. The molecule has 1 amide bonds. The van der Waals surface area contributed by atoms with Crippen LogP contribution in [0.3, 0.4) is 0 Å². The van der Waals surface area contributed by atoms with E-state index in [2.05, 4.69) is 0 Å². The molecule has 0 bridgehead atoms. The first-order valence-corrected chi connectivity index (χ1v) is 4.71. The summed E-state index contributed by atoms with van der Waals surface area (Å²) >= 11 is 0. The van der Waals surface area contributed by atoms with E-state index in [1.165, 1.54) is 0 Å². The van der Waals surface area contributed by atoms with Crippen molar-refractivity contribution in [3.8, 4) is 0 Å². The lowest BCUT2D eigenvalue weighted by Crippen LogP contribution is -2.34. The van der Waals surface area contributed by atoms with Gasteiger partial charge in [0.05, 0.1) is 11.8 Å². The van der Waals surface area contributed by atoms with Crippen LogP contribution >= 0.6 is 0 Å². The van der Waals surface area contributed by atoms with Crippen molar-refractivity contribution in [3.05, 3.63) is 12.2 Å². The van der Waals surface area contributed by atoms with Crippen LogP contribution in [-0.2, 0) is 9.59 Å². The minimum Gasteiger partial charge on any atom is -0.481 e. The molecule has 0 saturated carbocycles. The fourth-order valence-electron chi connectivity index (χ4n) is 1.85. The molecule has 0 radical (unpaired) electrons. The number of hydrogen-bond acceptors (Lipinski definition) is 2. The van der Waals surface area contributed by atoms with Crippen LogP contribution in [0.15, 0.2) is 12.2 Å². The second-order valence-corrected chi connectivity index (χ2v) is 3.83. The van der Waals surface area contributed by atoms with Crippen LogP contribution < -0.4 is 5.73 Å². The number of carbonyl (C=O) groups excluding carboxylic acids is 1. The Bertz CT molecular complexity index is 273. The maximum absolute atomic E-state index is 11.1. The summed E-state index contributed by atoms with van der Waals surface area (Å²) in [5, 5.41) is 8.93. The zero-order valence-electron chi connectivity index (χ0n) is 8.14. The monoisotopic (exact) mass is 197 g/mol. The van der Waals surface area contributed by atoms with E-state index >= 15 is 0 Å². The van der Waals surface area contributed by atoms with Crippen LogP contribution in [0.25, 0.3) is 0 Å². The van der Waals surface area contributed by atoms with Gasteiger partial charge in [-0.1, -0.05) is 19.1 Å². The summed E-state index contributed by atoms with van der Waals surface area (Å²) in [5.74, 6) is -2.43. The Labute approximate surface area is 82.8 Å². The SMILES string of the molecule is CC1C=CCC(C(=O)O)C(C(N)=O)C1. The number of nitrogens with two attached hydrogens (primary N) is 1. The summed E-state index contributed by atoms with van der Waals surface area (Å²) in [6.07, 6.45) is 4.70. The van der Waals surface area contributed by atoms with E-state index < -0.39 is 23.7 Å². The molecule has 3 N–H and O–H groups in total. The Morgan fingerprint density at radius 2 is 2.07 bits per heavy atom. The molecule has 1 rings (SSSR count). The van der Waals surface area contributed by atoms with Crippen molar-refractivity contribution < 1.29 is 14.7 Å². The number of rotatable bonds is 2. The maximum atomic E-state index is 11.1. The summed E-state index contributed by atoms with van der Waals surface area (Å²) in [7, 11) is 0. The molecule has 0 spiro atoms. The predicted molar refractivity (Wildman–Crippen MR) is 51.3 cm³/mol. The summed E-state index contributed by atoms with van der Waals surface area (Å²) in [6, 6.07) is 0. The molecular weight excluding hydrogens is 182 g/mol. The van der Waals surface area contributed by atoms with Gasteiger partial charge in [0.15, 0.2) is 0 Å². The first kappa shape index (κ1) is 10.8. The fourth-order valence-corrected chi connectivity index (χ4v) is 1.85. The van der Waals surface area contributed by atoms with Crippen molar-refractivity contribution in [2.45, 2.75) is 19.8 Å².